The molecule has 37 heavy (non-hydrogen) atoms. The summed E-state index contributed by atoms with van der Waals surface area (Å²) in [4.78, 5) is 5.03. The SMILES string of the molecule is CC(C)N1CCN(c2ccc(C3=C(c4ccc5cc(O)ccc5c4)CCc4cc(O)ccc43)cc2)CC1. The lowest BCUT2D eigenvalue weighted by molar-refractivity contribution is 0.209. The van der Waals surface area contributed by atoms with Gasteiger partial charge < -0.3 is 15.1 Å². The zero-order valence-electron chi connectivity index (χ0n) is 21.6. The van der Waals surface area contributed by atoms with E-state index in [1.54, 1.807) is 12.1 Å². The third-order valence-corrected chi connectivity index (χ3v) is 8.04. The number of fused-ring (bicyclic) bond motifs is 2. The van der Waals surface area contributed by atoms with Crippen molar-refractivity contribution in [2.75, 3.05) is 31.1 Å². The van der Waals surface area contributed by atoms with E-state index >= 15 is 0 Å². The van der Waals surface area contributed by atoms with Crippen molar-refractivity contribution in [1.82, 2.24) is 4.90 Å². The second-order valence-electron chi connectivity index (χ2n) is 10.6. The molecular weight excluding hydrogens is 456 g/mol. The fraction of sp³-hybridized carbons (Fsp3) is 0.273. The van der Waals surface area contributed by atoms with E-state index in [-0.39, 0.29) is 5.75 Å². The minimum absolute atomic E-state index is 0.289. The van der Waals surface area contributed by atoms with Crippen LogP contribution in [0.2, 0.25) is 0 Å². The predicted molar refractivity (Wildman–Crippen MR) is 153 cm³/mol. The number of aryl methyl sites for hydroxylation is 1. The molecular formula is C33H34N2O2. The summed E-state index contributed by atoms with van der Waals surface area (Å²) in [5.74, 6) is 0.611. The Morgan fingerprint density at radius 1 is 0.649 bits per heavy atom. The smallest absolute Gasteiger partial charge is 0.116 e. The van der Waals surface area contributed by atoms with Gasteiger partial charge >= 0.3 is 0 Å². The molecule has 4 heteroatoms. The van der Waals surface area contributed by atoms with E-state index in [9.17, 15) is 10.2 Å². The number of hydrogen-bond acceptors (Lipinski definition) is 4. The largest absolute Gasteiger partial charge is 0.508 e. The van der Waals surface area contributed by atoms with Crippen molar-refractivity contribution in [3.05, 3.63) is 101 Å². The number of allylic oxidation sites excluding steroid dienone is 1. The van der Waals surface area contributed by atoms with Crippen LogP contribution in [0.1, 0.15) is 42.5 Å². The summed E-state index contributed by atoms with van der Waals surface area (Å²) in [6, 6.07) is 27.5. The Hall–Kier alpha value is -3.76. The topological polar surface area (TPSA) is 46.9 Å². The summed E-state index contributed by atoms with van der Waals surface area (Å²) in [5, 5.41) is 22.2. The van der Waals surface area contributed by atoms with Gasteiger partial charge in [0, 0.05) is 37.9 Å². The summed E-state index contributed by atoms with van der Waals surface area (Å²) in [7, 11) is 0. The summed E-state index contributed by atoms with van der Waals surface area (Å²) < 4.78 is 0. The average molecular weight is 491 g/mol. The molecule has 0 radical (unpaired) electrons. The van der Waals surface area contributed by atoms with Crippen molar-refractivity contribution in [1.29, 1.82) is 0 Å². The van der Waals surface area contributed by atoms with Crippen LogP contribution in [-0.4, -0.2) is 47.3 Å². The third kappa shape index (κ3) is 4.58. The molecule has 0 unspecified atom stereocenters. The second-order valence-corrected chi connectivity index (χ2v) is 10.6. The molecule has 1 aliphatic carbocycles. The Labute approximate surface area is 219 Å². The molecule has 0 amide bonds. The number of hydrogen-bond donors (Lipinski definition) is 2. The van der Waals surface area contributed by atoms with E-state index in [1.165, 1.54) is 39.1 Å². The molecule has 0 spiro atoms. The van der Waals surface area contributed by atoms with Gasteiger partial charge in [-0.1, -0.05) is 36.4 Å². The number of phenolic OH excluding ortho intramolecular Hbond substituents is 2. The standard InChI is InChI=1S/C33H34N2O2/c1-22(2)34-15-17-35(18-16-34)28-9-5-23(6-10-28)33-31(13-8-27-21-30(37)12-14-32(27)33)26-4-3-25-20-29(36)11-7-24(25)19-26/h3-7,9-12,14,19-22,36-37H,8,13,15-18H2,1-2H3. The van der Waals surface area contributed by atoms with Crippen LogP contribution >= 0.6 is 0 Å². The minimum atomic E-state index is 0.289. The summed E-state index contributed by atoms with van der Waals surface area (Å²) in [5.41, 5.74) is 8.66. The van der Waals surface area contributed by atoms with E-state index in [0.29, 0.717) is 11.8 Å². The molecule has 4 aromatic carbocycles. The normalized spacial score (nSPS) is 16.5. The van der Waals surface area contributed by atoms with Gasteiger partial charge in [0.05, 0.1) is 0 Å². The first-order valence-corrected chi connectivity index (χ1v) is 13.3. The first-order valence-electron chi connectivity index (χ1n) is 13.3. The van der Waals surface area contributed by atoms with Gasteiger partial charge in [-0.25, -0.2) is 0 Å². The summed E-state index contributed by atoms with van der Waals surface area (Å²) in [6.07, 6.45) is 1.81. The lowest BCUT2D eigenvalue weighted by Gasteiger charge is -2.38. The highest BCUT2D eigenvalue weighted by molar-refractivity contribution is 6.02. The quantitative estimate of drug-likeness (QED) is 0.335. The van der Waals surface area contributed by atoms with Crippen LogP contribution in [-0.2, 0) is 6.42 Å². The van der Waals surface area contributed by atoms with E-state index < -0.39 is 0 Å². The molecule has 6 rings (SSSR count). The van der Waals surface area contributed by atoms with Crippen LogP contribution in [0.3, 0.4) is 0 Å². The van der Waals surface area contributed by atoms with E-state index in [1.807, 2.05) is 18.2 Å². The van der Waals surface area contributed by atoms with Crippen molar-refractivity contribution in [2.24, 2.45) is 0 Å². The van der Waals surface area contributed by atoms with Crippen LogP contribution in [0.5, 0.6) is 11.5 Å². The molecule has 4 nitrogen and oxygen atoms in total. The Balaban J connectivity index is 1.40. The molecule has 188 valence electrons. The second kappa shape index (κ2) is 9.60. The van der Waals surface area contributed by atoms with Gasteiger partial charge in [-0.15, -0.1) is 0 Å². The highest BCUT2D eigenvalue weighted by Gasteiger charge is 2.23. The van der Waals surface area contributed by atoms with E-state index in [4.69, 9.17) is 0 Å². The van der Waals surface area contributed by atoms with Gasteiger partial charge in [0.1, 0.15) is 11.5 Å². The average Bonchev–Trinajstić information content (AvgIpc) is 2.92. The van der Waals surface area contributed by atoms with E-state index in [2.05, 4.69) is 72.2 Å². The Morgan fingerprint density at radius 2 is 1.30 bits per heavy atom. The molecule has 2 N–H and O–H groups in total. The fourth-order valence-electron chi connectivity index (χ4n) is 5.95. The highest BCUT2D eigenvalue weighted by Crippen LogP contribution is 2.42. The Kier molecular flexibility index (Phi) is 6.13. The Bertz CT molecular complexity index is 1480. The van der Waals surface area contributed by atoms with Crippen LogP contribution in [0, 0.1) is 0 Å². The van der Waals surface area contributed by atoms with Crippen LogP contribution in [0.4, 0.5) is 5.69 Å². The first kappa shape index (κ1) is 23.6. The molecule has 1 heterocycles. The van der Waals surface area contributed by atoms with Crippen molar-refractivity contribution in [3.8, 4) is 11.5 Å². The van der Waals surface area contributed by atoms with Crippen molar-refractivity contribution < 1.29 is 10.2 Å². The van der Waals surface area contributed by atoms with Gasteiger partial charge in [0.2, 0.25) is 0 Å². The number of nitrogens with zero attached hydrogens (tertiary/aromatic N) is 2. The van der Waals surface area contributed by atoms with Crippen LogP contribution in [0.25, 0.3) is 21.9 Å². The van der Waals surface area contributed by atoms with Gasteiger partial charge in [0.25, 0.3) is 0 Å². The number of benzene rings is 4. The van der Waals surface area contributed by atoms with Crippen molar-refractivity contribution >= 4 is 27.6 Å². The van der Waals surface area contributed by atoms with Crippen molar-refractivity contribution in [3.63, 3.8) is 0 Å². The van der Waals surface area contributed by atoms with Crippen molar-refractivity contribution in [2.45, 2.75) is 32.7 Å². The van der Waals surface area contributed by atoms with Crippen LogP contribution in [0.15, 0.2) is 78.9 Å². The fourth-order valence-corrected chi connectivity index (χ4v) is 5.95. The van der Waals surface area contributed by atoms with Gasteiger partial charge in [-0.3, -0.25) is 4.90 Å². The molecule has 0 aromatic heterocycles. The lowest BCUT2D eigenvalue weighted by atomic mass is 9.79. The molecule has 0 bridgehead atoms. The number of piperazine rings is 1. The zero-order chi connectivity index (χ0) is 25.5. The molecule has 1 fully saturated rings. The monoisotopic (exact) mass is 490 g/mol. The number of anilines is 1. The third-order valence-electron chi connectivity index (χ3n) is 8.04. The van der Waals surface area contributed by atoms with Gasteiger partial charge in [-0.05, 0) is 113 Å². The van der Waals surface area contributed by atoms with Gasteiger partial charge in [-0.2, -0.15) is 0 Å². The lowest BCUT2D eigenvalue weighted by Crippen LogP contribution is -2.48. The van der Waals surface area contributed by atoms with E-state index in [0.717, 1.165) is 49.8 Å². The molecule has 4 aromatic rings. The maximum atomic E-state index is 10.2. The molecule has 2 aliphatic rings. The molecule has 1 aliphatic heterocycles. The maximum Gasteiger partial charge on any atom is 0.116 e. The minimum Gasteiger partial charge on any atom is -0.508 e. The van der Waals surface area contributed by atoms with Gasteiger partial charge in [0.15, 0.2) is 0 Å². The molecule has 0 atom stereocenters. The Morgan fingerprint density at radius 3 is 2.05 bits per heavy atom. The summed E-state index contributed by atoms with van der Waals surface area (Å²) >= 11 is 0. The predicted octanol–water partition coefficient (Wildman–Crippen LogP) is 6.69. The highest BCUT2D eigenvalue weighted by atomic mass is 16.3. The zero-order valence-corrected chi connectivity index (χ0v) is 21.6. The number of phenols is 2. The number of rotatable bonds is 4. The number of aromatic hydroxyl groups is 2. The first-order chi connectivity index (χ1) is 18.0. The maximum absolute atomic E-state index is 10.2. The molecule has 0 saturated carbocycles. The van der Waals surface area contributed by atoms with Crippen LogP contribution < -0.4 is 4.90 Å². The summed E-state index contributed by atoms with van der Waals surface area (Å²) in [6.45, 7) is 8.87. The molecule has 1 saturated heterocycles.